The second kappa shape index (κ2) is 4.61. The summed E-state index contributed by atoms with van der Waals surface area (Å²) in [6.45, 7) is 5.31. The number of nitrogens with zero attached hydrogens (tertiary/aromatic N) is 1. The summed E-state index contributed by atoms with van der Waals surface area (Å²) >= 11 is 0. The molecule has 2 heteroatoms. The molecule has 1 unspecified atom stereocenters. The minimum atomic E-state index is -0.296. The fourth-order valence-corrected chi connectivity index (χ4v) is 0.271. The van der Waals surface area contributed by atoms with Crippen LogP contribution in [-0.4, -0.2) is 6.10 Å². The first kappa shape index (κ1) is 7.45. The molecule has 45 valence electrons. The van der Waals surface area contributed by atoms with E-state index in [9.17, 15) is 0 Å². The Morgan fingerprint density at radius 3 is 2.88 bits per heavy atom. The van der Waals surface area contributed by atoms with E-state index in [1.165, 1.54) is 0 Å². The average molecular weight is 112 g/mol. The van der Waals surface area contributed by atoms with Gasteiger partial charge in [0.25, 0.3) is 0 Å². The van der Waals surface area contributed by atoms with Crippen molar-refractivity contribution in [3.8, 4) is 6.07 Å². The number of nitriles is 1. The Morgan fingerprint density at radius 2 is 2.50 bits per heavy atom. The van der Waals surface area contributed by atoms with Crippen LogP contribution in [0.15, 0.2) is 0 Å². The van der Waals surface area contributed by atoms with Crippen LogP contribution in [0.5, 0.6) is 0 Å². The molecule has 0 rings (SSSR count). The summed E-state index contributed by atoms with van der Waals surface area (Å²) in [6, 6.07) is 1.95. The molecule has 0 aliphatic carbocycles. The van der Waals surface area contributed by atoms with Crippen molar-refractivity contribution >= 4 is 0 Å². The minimum absolute atomic E-state index is 0.296. The van der Waals surface area contributed by atoms with Gasteiger partial charge in [0, 0.05) is 0 Å². The first-order valence-electron chi connectivity index (χ1n) is 2.68. The molecule has 0 N–H and O–H groups in total. The van der Waals surface area contributed by atoms with Crippen molar-refractivity contribution in [2.75, 3.05) is 0 Å². The Balaban J connectivity index is 3.02. The summed E-state index contributed by atoms with van der Waals surface area (Å²) in [6.07, 6.45) is 0.557. The molecule has 1 atom stereocenters. The van der Waals surface area contributed by atoms with Crippen LogP contribution in [0.1, 0.15) is 20.3 Å². The van der Waals surface area contributed by atoms with Crippen LogP contribution in [0.2, 0.25) is 0 Å². The lowest BCUT2D eigenvalue weighted by Crippen LogP contribution is -2.00. The van der Waals surface area contributed by atoms with E-state index in [-0.39, 0.29) is 6.10 Å². The predicted octanol–water partition coefficient (Wildman–Crippen LogP) is 1.49. The number of hydrogen-bond acceptors (Lipinski definition) is 2. The van der Waals surface area contributed by atoms with E-state index in [2.05, 4.69) is 0 Å². The van der Waals surface area contributed by atoms with Gasteiger partial charge in [-0.25, -0.2) is 0 Å². The van der Waals surface area contributed by atoms with Crippen LogP contribution in [0.4, 0.5) is 0 Å². The summed E-state index contributed by atoms with van der Waals surface area (Å²) in [5.74, 6) is 0. The molecule has 0 aromatic carbocycles. The van der Waals surface area contributed by atoms with Gasteiger partial charge in [0.1, 0.15) is 6.10 Å². The first-order chi connectivity index (χ1) is 3.81. The number of hydrogen-bond donors (Lipinski definition) is 0. The minimum Gasteiger partial charge on any atom is -0.358 e. The van der Waals surface area contributed by atoms with Gasteiger partial charge in [0.05, 0.1) is 12.7 Å². The number of rotatable bonds is 3. The average Bonchev–Trinajstić information content (AvgIpc) is 1.83. The molecule has 0 heterocycles. The highest BCUT2D eigenvalue weighted by Gasteiger charge is 1.94. The molecule has 0 aromatic rings. The van der Waals surface area contributed by atoms with Crippen LogP contribution >= 0.6 is 0 Å². The normalized spacial score (nSPS) is 12.6. The van der Waals surface area contributed by atoms with Crippen LogP contribution in [0.25, 0.3) is 0 Å². The fraction of sp³-hybridized carbons (Fsp3) is 0.667. The van der Waals surface area contributed by atoms with E-state index in [0.717, 1.165) is 6.42 Å². The summed E-state index contributed by atoms with van der Waals surface area (Å²) in [5.41, 5.74) is 0. The lowest BCUT2D eigenvalue weighted by molar-refractivity contribution is 0.159. The monoisotopic (exact) mass is 112 g/mol. The van der Waals surface area contributed by atoms with Crippen LogP contribution in [0, 0.1) is 17.9 Å². The maximum absolute atomic E-state index is 8.17. The van der Waals surface area contributed by atoms with Crippen molar-refractivity contribution in [1.82, 2.24) is 0 Å². The Morgan fingerprint density at radius 1 is 1.88 bits per heavy atom. The van der Waals surface area contributed by atoms with Gasteiger partial charge in [0.15, 0.2) is 0 Å². The molecule has 8 heavy (non-hydrogen) atoms. The molecule has 0 bridgehead atoms. The van der Waals surface area contributed by atoms with Gasteiger partial charge < -0.3 is 4.74 Å². The smallest absolute Gasteiger partial charge is 0.141 e. The first-order valence-corrected chi connectivity index (χ1v) is 2.68. The van der Waals surface area contributed by atoms with Crippen LogP contribution in [0.3, 0.4) is 0 Å². The molecule has 0 saturated carbocycles. The Labute approximate surface area is 50.1 Å². The standard InChI is InChI=1S/C6H10NO/c1-3-4-8-6(2)5-7/h4,6H,3H2,1-2H3. The van der Waals surface area contributed by atoms with Crippen molar-refractivity contribution in [1.29, 1.82) is 5.26 Å². The summed E-state index contributed by atoms with van der Waals surface area (Å²) < 4.78 is 4.85. The van der Waals surface area contributed by atoms with Gasteiger partial charge in [-0.1, -0.05) is 6.92 Å². The Hall–Kier alpha value is -0.550. The van der Waals surface area contributed by atoms with Crippen LogP contribution < -0.4 is 0 Å². The lowest BCUT2D eigenvalue weighted by atomic mass is 10.4. The Kier molecular flexibility index (Phi) is 4.29. The van der Waals surface area contributed by atoms with E-state index < -0.39 is 0 Å². The molecule has 0 aliphatic rings. The molecular formula is C6H10NO. The van der Waals surface area contributed by atoms with Crippen molar-refractivity contribution in [3.05, 3.63) is 6.61 Å². The zero-order valence-electron chi connectivity index (χ0n) is 5.22. The maximum atomic E-state index is 8.17. The van der Waals surface area contributed by atoms with Gasteiger partial charge in [0.2, 0.25) is 0 Å². The highest BCUT2D eigenvalue weighted by molar-refractivity contribution is 4.79. The van der Waals surface area contributed by atoms with E-state index in [0.29, 0.717) is 0 Å². The quantitative estimate of drug-likeness (QED) is 0.554. The van der Waals surface area contributed by atoms with Crippen LogP contribution in [-0.2, 0) is 4.74 Å². The third-order valence-corrected chi connectivity index (χ3v) is 0.649. The maximum Gasteiger partial charge on any atom is 0.141 e. The SMILES string of the molecule is CC[CH]OC(C)C#N. The Bertz CT molecular complexity index is 85.0. The molecule has 0 saturated heterocycles. The lowest BCUT2D eigenvalue weighted by Gasteiger charge is -1.99. The second-order valence-electron chi connectivity index (χ2n) is 1.48. The summed E-state index contributed by atoms with van der Waals surface area (Å²) in [4.78, 5) is 0. The highest BCUT2D eigenvalue weighted by atomic mass is 16.5. The predicted molar refractivity (Wildman–Crippen MR) is 30.8 cm³/mol. The zero-order valence-corrected chi connectivity index (χ0v) is 5.22. The molecule has 1 radical (unpaired) electrons. The highest BCUT2D eigenvalue weighted by Crippen LogP contribution is 1.93. The largest absolute Gasteiger partial charge is 0.358 e. The van der Waals surface area contributed by atoms with Gasteiger partial charge in [-0.05, 0) is 13.3 Å². The topological polar surface area (TPSA) is 33.0 Å². The van der Waals surface area contributed by atoms with E-state index in [1.807, 2.05) is 13.0 Å². The molecule has 0 spiro atoms. The van der Waals surface area contributed by atoms with Gasteiger partial charge in [-0.2, -0.15) is 5.26 Å². The van der Waals surface area contributed by atoms with E-state index in [1.54, 1.807) is 13.5 Å². The third-order valence-electron chi connectivity index (χ3n) is 0.649. The molecular weight excluding hydrogens is 102 g/mol. The number of ether oxygens (including phenoxy) is 1. The molecule has 0 fully saturated rings. The zero-order chi connectivity index (χ0) is 6.41. The van der Waals surface area contributed by atoms with E-state index >= 15 is 0 Å². The molecule has 0 amide bonds. The van der Waals surface area contributed by atoms with E-state index in [4.69, 9.17) is 10.00 Å². The second-order valence-corrected chi connectivity index (χ2v) is 1.48. The fourth-order valence-electron chi connectivity index (χ4n) is 0.271. The summed E-state index contributed by atoms with van der Waals surface area (Å²) in [7, 11) is 0. The molecule has 2 nitrogen and oxygen atoms in total. The van der Waals surface area contributed by atoms with Gasteiger partial charge in [-0.3, -0.25) is 0 Å². The van der Waals surface area contributed by atoms with Crippen molar-refractivity contribution in [2.45, 2.75) is 26.4 Å². The third kappa shape index (κ3) is 3.63. The van der Waals surface area contributed by atoms with Gasteiger partial charge >= 0.3 is 0 Å². The van der Waals surface area contributed by atoms with Crippen molar-refractivity contribution in [2.24, 2.45) is 0 Å². The van der Waals surface area contributed by atoms with Crippen molar-refractivity contribution < 1.29 is 4.74 Å². The van der Waals surface area contributed by atoms with Gasteiger partial charge in [-0.15, -0.1) is 0 Å². The molecule has 0 aromatic heterocycles. The summed E-state index contributed by atoms with van der Waals surface area (Å²) in [5, 5.41) is 8.17. The molecule has 0 aliphatic heterocycles. The van der Waals surface area contributed by atoms with Crippen molar-refractivity contribution in [3.63, 3.8) is 0 Å².